The van der Waals surface area contributed by atoms with Gasteiger partial charge in [0.2, 0.25) is 0 Å². The number of aromatic nitrogens is 3. The molecule has 4 nitrogen and oxygen atoms in total. The molecule has 1 aliphatic heterocycles. The molecular formula is C48H29N3O. The van der Waals surface area contributed by atoms with Gasteiger partial charge in [-0.1, -0.05) is 158 Å². The highest BCUT2D eigenvalue weighted by Gasteiger charge is 2.51. The molecule has 0 saturated carbocycles. The third kappa shape index (κ3) is 4.00. The van der Waals surface area contributed by atoms with E-state index in [2.05, 4.69) is 158 Å². The first-order valence-electron chi connectivity index (χ1n) is 17.6. The fourth-order valence-electron chi connectivity index (χ4n) is 8.68. The van der Waals surface area contributed by atoms with Gasteiger partial charge in [-0.3, -0.25) is 0 Å². The van der Waals surface area contributed by atoms with Crippen molar-refractivity contribution < 1.29 is 4.74 Å². The first kappa shape index (κ1) is 28.9. The normalized spacial score (nSPS) is 13.3. The van der Waals surface area contributed by atoms with E-state index in [1.807, 2.05) is 18.2 Å². The number of hydrogen-bond donors (Lipinski definition) is 0. The summed E-state index contributed by atoms with van der Waals surface area (Å²) in [6.07, 6.45) is 0. The van der Waals surface area contributed by atoms with Crippen molar-refractivity contribution in [3.05, 3.63) is 198 Å². The third-order valence-electron chi connectivity index (χ3n) is 10.9. The van der Waals surface area contributed by atoms with Crippen LogP contribution in [-0.2, 0) is 5.41 Å². The van der Waals surface area contributed by atoms with Crippen LogP contribution in [0.1, 0.15) is 22.3 Å². The molecule has 0 bridgehead atoms. The number of hydrogen-bond acceptors (Lipinski definition) is 4. The lowest BCUT2D eigenvalue weighted by Gasteiger charge is -2.39. The van der Waals surface area contributed by atoms with Crippen molar-refractivity contribution in [1.29, 1.82) is 0 Å². The molecule has 0 fully saturated rings. The van der Waals surface area contributed by atoms with E-state index < -0.39 is 5.41 Å². The van der Waals surface area contributed by atoms with Gasteiger partial charge in [0.05, 0.1) is 5.41 Å². The zero-order valence-electron chi connectivity index (χ0n) is 28.0. The Morgan fingerprint density at radius 1 is 0.404 bits per heavy atom. The van der Waals surface area contributed by atoms with Crippen LogP contribution in [-0.4, -0.2) is 15.2 Å². The number of rotatable bonds is 3. The Bertz CT molecular complexity index is 2850. The standard InChI is InChI=1S/C48H29N3O/c1-2-14-32(15-3-1)46-45(49-47(51-50-46)37-19-12-16-31-26-25-30-13-4-5-17-34(30)44(31)37)33-27-28-36-35-18-6-7-20-38(35)48(41(36)29-33)39-21-8-10-23-42(39)52-43-24-11-9-22-40(43)48/h1-29H. The Labute approximate surface area is 300 Å². The second-order valence-electron chi connectivity index (χ2n) is 13.5. The zero-order valence-corrected chi connectivity index (χ0v) is 28.0. The molecule has 2 heterocycles. The molecule has 4 heteroatoms. The molecule has 1 aromatic heterocycles. The molecule has 9 aromatic rings. The van der Waals surface area contributed by atoms with Crippen molar-refractivity contribution in [3.63, 3.8) is 0 Å². The SMILES string of the molecule is c1ccc(-c2nnc(-c3cccc4ccc5ccccc5c34)nc2-c2ccc3c(c2)C2(c4ccccc4Oc4ccccc42)c2ccccc2-3)cc1. The summed E-state index contributed by atoms with van der Waals surface area (Å²) in [5, 5.41) is 14.4. The lowest BCUT2D eigenvalue weighted by atomic mass is 9.66. The third-order valence-corrected chi connectivity index (χ3v) is 10.9. The lowest BCUT2D eigenvalue weighted by Crippen LogP contribution is -2.32. The van der Waals surface area contributed by atoms with Crippen LogP contribution in [0.25, 0.3) is 66.6 Å². The quantitative estimate of drug-likeness (QED) is 0.177. The molecule has 8 aromatic carbocycles. The molecule has 242 valence electrons. The number of ether oxygens (including phenoxy) is 1. The largest absolute Gasteiger partial charge is 0.457 e. The monoisotopic (exact) mass is 663 g/mol. The van der Waals surface area contributed by atoms with Gasteiger partial charge in [-0.05, 0) is 56.6 Å². The minimum Gasteiger partial charge on any atom is -0.457 e. The Balaban J connectivity index is 1.21. The van der Waals surface area contributed by atoms with Gasteiger partial charge in [0, 0.05) is 33.2 Å². The predicted octanol–water partition coefficient (Wildman–Crippen LogP) is 11.6. The van der Waals surface area contributed by atoms with E-state index in [0.717, 1.165) is 61.5 Å². The van der Waals surface area contributed by atoms with Gasteiger partial charge in [0.15, 0.2) is 5.82 Å². The zero-order chi connectivity index (χ0) is 34.2. The fraction of sp³-hybridized carbons (Fsp3) is 0.0208. The van der Waals surface area contributed by atoms with Crippen molar-refractivity contribution in [2.24, 2.45) is 0 Å². The van der Waals surface area contributed by atoms with Gasteiger partial charge in [-0.15, -0.1) is 10.2 Å². The fourth-order valence-corrected chi connectivity index (χ4v) is 8.68. The van der Waals surface area contributed by atoms with Gasteiger partial charge >= 0.3 is 0 Å². The molecule has 0 radical (unpaired) electrons. The molecule has 1 aliphatic carbocycles. The first-order chi connectivity index (χ1) is 25.8. The number of nitrogens with zero attached hydrogens (tertiary/aromatic N) is 3. The molecule has 52 heavy (non-hydrogen) atoms. The number of benzene rings is 8. The lowest BCUT2D eigenvalue weighted by molar-refractivity contribution is 0.436. The molecule has 0 saturated heterocycles. The average molecular weight is 664 g/mol. The highest BCUT2D eigenvalue weighted by atomic mass is 16.5. The topological polar surface area (TPSA) is 47.9 Å². The maximum Gasteiger partial charge on any atom is 0.183 e. The summed E-state index contributed by atoms with van der Waals surface area (Å²) in [5.74, 6) is 2.33. The maximum absolute atomic E-state index is 6.59. The number of para-hydroxylation sites is 2. The Hall–Kier alpha value is -6.91. The molecule has 0 N–H and O–H groups in total. The molecule has 0 atom stereocenters. The molecular weight excluding hydrogens is 635 g/mol. The molecule has 1 spiro atoms. The highest BCUT2D eigenvalue weighted by Crippen LogP contribution is 2.62. The van der Waals surface area contributed by atoms with Crippen LogP contribution in [0.4, 0.5) is 0 Å². The molecule has 0 unspecified atom stereocenters. The van der Waals surface area contributed by atoms with E-state index in [0.29, 0.717) is 5.82 Å². The second-order valence-corrected chi connectivity index (χ2v) is 13.5. The minimum absolute atomic E-state index is 0.585. The minimum atomic E-state index is -0.585. The molecule has 2 aliphatic rings. The summed E-state index contributed by atoms with van der Waals surface area (Å²) < 4.78 is 6.59. The van der Waals surface area contributed by atoms with E-state index in [1.165, 1.54) is 33.0 Å². The predicted molar refractivity (Wildman–Crippen MR) is 209 cm³/mol. The Kier molecular flexibility index (Phi) is 6.13. The van der Waals surface area contributed by atoms with E-state index >= 15 is 0 Å². The van der Waals surface area contributed by atoms with Crippen LogP contribution in [0.2, 0.25) is 0 Å². The highest BCUT2D eigenvalue weighted by molar-refractivity contribution is 6.13. The van der Waals surface area contributed by atoms with Crippen LogP contribution >= 0.6 is 0 Å². The van der Waals surface area contributed by atoms with E-state index in [9.17, 15) is 0 Å². The molecule has 0 amide bonds. The van der Waals surface area contributed by atoms with E-state index in [-0.39, 0.29) is 0 Å². The smallest absolute Gasteiger partial charge is 0.183 e. The number of fused-ring (bicyclic) bond motifs is 12. The van der Waals surface area contributed by atoms with Gasteiger partial charge in [0.25, 0.3) is 0 Å². The van der Waals surface area contributed by atoms with Gasteiger partial charge < -0.3 is 4.74 Å². The summed E-state index contributed by atoms with van der Waals surface area (Å²) in [6, 6.07) is 62.0. The Morgan fingerprint density at radius 3 is 1.87 bits per heavy atom. The average Bonchev–Trinajstić information content (AvgIpc) is 3.50. The Morgan fingerprint density at radius 2 is 1.04 bits per heavy atom. The van der Waals surface area contributed by atoms with Crippen LogP contribution in [0.3, 0.4) is 0 Å². The van der Waals surface area contributed by atoms with Crippen molar-refractivity contribution in [2.45, 2.75) is 5.41 Å². The van der Waals surface area contributed by atoms with Crippen LogP contribution in [0.15, 0.2) is 176 Å². The first-order valence-corrected chi connectivity index (χ1v) is 17.6. The summed E-state index contributed by atoms with van der Waals surface area (Å²) in [7, 11) is 0. The van der Waals surface area contributed by atoms with Crippen LogP contribution in [0.5, 0.6) is 11.5 Å². The van der Waals surface area contributed by atoms with Crippen LogP contribution in [0, 0.1) is 0 Å². The van der Waals surface area contributed by atoms with Gasteiger partial charge in [-0.25, -0.2) is 4.98 Å². The van der Waals surface area contributed by atoms with Gasteiger partial charge in [0.1, 0.15) is 22.9 Å². The summed E-state index contributed by atoms with van der Waals surface area (Å²) in [6.45, 7) is 0. The second kappa shape index (κ2) is 11.0. The van der Waals surface area contributed by atoms with Crippen molar-refractivity contribution >= 4 is 21.5 Å². The van der Waals surface area contributed by atoms with Crippen molar-refractivity contribution in [2.75, 3.05) is 0 Å². The summed E-state index contributed by atoms with van der Waals surface area (Å²) in [5.41, 5.74) is 11.0. The van der Waals surface area contributed by atoms with Crippen LogP contribution < -0.4 is 4.74 Å². The maximum atomic E-state index is 6.59. The van der Waals surface area contributed by atoms with E-state index in [1.54, 1.807) is 0 Å². The van der Waals surface area contributed by atoms with Crippen molar-refractivity contribution in [1.82, 2.24) is 15.2 Å². The summed E-state index contributed by atoms with van der Waals surface area (Å²) in [4.78, 5) is 5.45. The molecule has 11 rings (SSSR count). The summed E-state index contributed by atoms with van der Waals surface area (Å²) >= 11 is 0. The van der Waals surface area contributed by atoms with Crippen molar-refractivity contribution in [3.8, 4) is 56.5 Å². The van der Waals surface area contributed by atoms with Gasteiger partial charge in [-0.2, -0.15) is 0 Å². The van der Waals surface area contributed by atoms with E-state index in [4.69, 9.17) is 19.9 Å².